The van der Waals surface area contributed by atoms with Crippen molar-refractivity contribution in [3.63, 3.8) is 0 Å². The number of carbonyl (C=O) groups is 4. The first-order valence-corrected chi connectivity index (χ1v) is 18.7. The van der Waals surface area contributed by atoms with Crippen LogP contribution in [0, 0.1) is 23.7 Å². The number of methoxy groups -OCH3 is 1. The first-order chi connectivity index (χ1) is 26.2. The molecule has 274 valence electrons. The lowest BCUT2D eigenvalue weighted by atomic mass is 9.49. The molecule has 3 heterocycles. The fourth-order valence-electron chi connectivity index (χ4n) is 9.95. The van der Waals surface area contributed by atoms with Crippen molar-refractivity contribution in [2.45, 2.75) is 24.2 Å². The number of hydrogen-bond acceptors (Lipinski definition) is 8. The highest BCUT2D eigenvalue weighted by Crippen LogP contribution is 2.66. The Bertz CT molecular complexity index is 2220. The highest BCUT2D eigenvalue weighted by atomic mass is 35.5. The van der Waals surface area contributed by atoms with Crippen LogP contribution >= 0.6 is 11.6 Å². The summed E-state index contributed by atoms with van der Waals surface area (Å²) in [4.78, 5) is 64.2. The fourth-order valence-corrected chi connectivity index (χ4v) is 10.1. The largest absolute Gasteiger partial charge is 0.508 e. The molecule has 4 fully saturated rings. The van der Waals surface area contributed by atoms with Gasteiger partial charge in [-0.05, 0) is 78.9 Å². The number of carbonyl (C=O) groups excluding carboxylic acids is 4. The van der Waals surface area contributed by atoms with E-state index in [4.69, 9.17) is 21.1 Å². The summed E-state index contributed by atoms with van der Waals surface area (Å²) < 4.78 is 11.4. The minimum atomic E-state index is -1.54. The third-order valence-electron chi connectivity index (χ3n) is 12.2. The van der Waals surface area contributed by atoms with Gasteiger partial charge in [-0.2, -0.15) is 0 Å². The number of halogens is 1. The van der Waals surface area contributed by atoms with Gasteiger partial charge in [0.05, 0.1) is 54.9 Å². The third kappa shape index (κ3) is 4.96. The van der Waals surface area contributed by atoms with Crippen LogP contribution in [0.25, 0.3) is 0 Å². The zero-order valence-corrected chi connectivity index (χ0v) is 30.3. The fraction of sp³-hybridized carbons (Fsp3) is 0.302. The number of fused-ring (bicyclic) bond motifs is 4. The summed E-state index contributed by atoms with van der Waals surface area (Å²) in [5, 5.41) is 12.1. The quantitative estimate of drug-likeness (QED) is 0.182. The van der Waals surface area contributed by atoms with Crippen molar-refractivity contribution >= 4 is 52.3 Å². The summed E-state index contributed by atoms with van der Waals surface area (Å²) in [5.74, 6) is -5.20. The molecule has 54 heavy (non-hydrogen) atoms. The summed E-state index contributed by atoms with van der Waals surface area (Å²) in [5.41, 5.74) is 1.96. The van der Waals surface area contributed by atoms with Crippen LogP contribution in [-0.4, -0.2) is 62.1 Å². The van der Waals surface area contributed by atoms with E-state index in [9.17, 15) is 19.5 Å². The van der Waals surface area contributed by atoms with Gasteiger partial charge in [0, 0.05) is 35.3 Å². The van der Waals surface area contributed by atoms with E-state index in [1.165, 1.54) is 16.9 Å². The third-order valence-corrected chi connectivity index (χ3v) is 12.4. The predicted molar refractivity (Wildman–Crippen MR) is 203 cm³/mol. The Hall–Kier alpha value is -5.45. The van der Waals surface area contributed by atoms with E-state index in [0.717, 1.165) is 24.4 Å². The van der Waals surface area contributed by atoms with E-state index in [0.29, 0.717) is 46.5 Å². The maximum Gasteiger partial charge on any atom is 0.246 e. The predicted octanol–water partition coefficient (Wildman–Crippen LogP) is 6.26. The maximum absolute atomic E-state index is 15.4. The van der Waals surface area contributed by atoms with Crippen LogP contribution < -0.4 is 19.4 Å². The number of allylic oxidation sites excluding steroid dienone is 2. The number of rotatable bonds is 6. The molecule has 1 N–H and O–H groups in total. The van der Waals surface area contributed by atoms with E-state index >= 15 is 4.79 Å². The molecule has 4 aromatic carbocycles. The number of ether oxygens (including phenoxy) is 2. The number of phenols is 1. The SMILES string of the molecule is COc1cccc(O)c1[C@H]1C2=CC[C@@H]3C(=O)N(c4ccc(N5CCOCC5)cc4)C(=O)[C@@H]3[C@@H]2C[C@H]2C(=O)N(c3cccc(Cl)c3)C(=O)[C@@]12c1ccccc1. The number of morpholine rings is 1. The smallest absolute Gasteiger partial charge is 0.246 e. The second-order valence-electron chi connectivity index (χ2n) is 14.6. The van der Waals surface area contributed by atoms with Crippen LogP contribution in [0.5, 0.6) is 11.5 Å². The second kappa shape index (κ2) is 13.1. The molecule has 0 bridgehead atoms. The van der Waals surface area contributed by atoms with Crippen molar-refractivity contribution in [3.8, 4) is 11.5 Å². The molecule has 4 aromatic rings. The minimum absolute atomic E-state index is 0.102. The maximum atomic E-state index is 15.4. The van der Waals surface area contributed by atoms with Crippen molar-refractivity contribution in [2.24, 2.45) is 23.7 Å². The van der Waals surface area contributed by atoms with E-state index < -0.39 is 46.8 Å². The Kier molecular flexibility index (Phi) is 8.35. The van der Waals surface area contributed by atoms with Crippen LogP contribution in [-0.2, 0) is 29.3 Å². The summed E-state index contributed by atoms with van der Waals surface area (Å²) in [7, 11) is 1.50. The first-order valence-electron chi connectivity index (χ1n) is 18.3. The number of phenolic OH excluding ortho intramolecular Hbond substituents is 1. The van der Waals surface area contributed by atoms with E-state index in [-0.39, 0.29) is 30.4 Å². The molecule has 0 aromatic heterocycles. The topological polar surface area (TPSA) is 117 Å². The number of amides is 4. The van der Waals surface area contributed by atoms with E-state index in [2.05, 4.69) is 4.90 Å². The van der Waals surface area contributed by atoms with Gasteiger partial charge in [-0.25, -0.2) is 4.90 Å². The Labute approximate surface area is 317 Å². The lowest BCUT2D eigenvalue weighted by Crippen LogP contribution is -2.53. The number of imide groups is 2. The molecule has 0 spiro atoms. The van der Waals surface area contributed by atoms with E-state index in [1.807, 2.05) is 60.7 Å². The molecule has 6 atom stereocenters. The van der Waals surface area contributed by atoms with Gasteiger partial charge in [-0.15, -0.1) is 0 Å². The molecule has 1 saturated carbocycles. The van der Waals surface area contributed by atoms with Crippen LogP contribution in [0.4, 0.5) is 17.1 Å². The van der Waals surface area contributed by atoms with Crippen LogP contribution in [0.2, 0.25) is 5.02 Å². The Morgan fingerprint density at radius 2 is 1.50 bits per heavy atom. The van der Waals surface area contributed by atoms with Crippen molar-refractivity contribution in [1.29, 1.82) is 0 Å². The van der Waals surface area contributed by atoms with E-state index in [1.54, 1.807) is 42.5 Å². The monoisotopic (exact) mass is 743 g/mol. The van der Waals surface area contributed by atoms with Crippen molar-refractivity contribution in [3.05, 3.63) is 125 Å². The summed E-state index contributed by atoms with van der Waals surface area (Å²) in [6.45, 7) is 2.78. The lowest BCUT2D eigenvalue weighted by Gasteiger charge is -2.51. The molecular weight excluding hydrogens is 706 g/mol. The first kappa shape index (κ1) is 34.3. The lowest BCUT2D eigenvalue weighted by molar-refractivity contribution is -0.127. The average molecular weight is 744 g/mol. The van der Waals surface area contributed by atoms with Crippen molar-refractivity contribution < 1.29 is 33.8 Å². The van der Waals surface area contributed by atoms with Crippen LogP contribution in [0.1, 0.15) is 29.9 Å². The normalized spacial score (nSPS) is 27.8. The number of nitrogens with zero attached hydrogens (tertiary/aromatic N) is 3. The van der Waals surface area contributed by atoms with Gasteiger partial charge in [-0.1, -0.05) is 65.7 Å². The van der Waals surface area contributed by atoms with Gasteiger partial charge in [0.15, 0.2) is 0 Å². The number of hydrogen-bond donors (Lipinski definition) is 1. The van der Waals surface area contributed by atoms with Gasteiger partial charge in [-0.3, -0.25) is 24.1 Å². The summed E-state index contributed by atoms with van der Waals surface area (Å²) >= 11 is 6.42. The zero-order valence-electron chi connectivity index (χ0n) is 29.6. The Balaban J connectivity index is 1.20. The highest BCUT2D eigenvalue weighted by Gasteiger charge is 2.71. The molecule has 4 amide bonds. The number of benzene rings is 4. The molecule has 0 unspecified atom stereocenters. The number of aromatic hydroxyl groups is 1. The molecule has 9 rings (SSSR count). The summed E-state index contributed by atoms with van der Waals surface area (Å²) in [6, 6.07) is 28.2. The number of anilines is 3. The zero-order chi connectivity index (χ0) is 37.3. The van der Waals surface area contributed by atoms with Crippen molar-refractivity contribution in [2.75, 3.05) is 48.1 Å². The van der Waals surface area contributed by atoms with Gasteiger partial charge in [0.2, 0.25) is 23.6 Å². The molecule has 11 heteroatoms. The molecular formula is C43H38ClN3O7. The summed E-state index contributed by atoms with van der Waals surface area (Å²) in [6.07, 6.45) is 2.36. The molecule has 3 aliphatic heterocycles. The van der Waals surface area contributed by atoms with Gasteiger partial charge >= 0.3 is 0 Å². The van der Waals surface area contributed by atoms with Crippen LogP contribution in [0.15, 0.2) is 109 Å². The van der Waals surface area contributed by atoms with Crippen LogP contribution in [0.3, 0.4) is 0 Å². The van der Waals surface area contributed by atoms with Gasteiger partial charge in [0.25, 0.3) is 0 Å². The molecule has 5 aliphatic rings. The molecule has 3 saturated heterocycles. The standard InChI is InChI=1S/C43H38ClN3O7/c1-53-35-12-6-11-34(48)37(35)38-30-17-18-31-36(41(51)46(39(31)49)28-15-13-27(14-16-28)45-19-21-54-22-20-45)32(30)24-33-40(50)47(29-10-5-9-26(44)23-29)42(52)43(33,38)25-7-3-2-4-8-25/h2-17,23,31-33,36,38,48H,18-22,24H2,1H3/t31-,32+,33-,36-,38+,43+/m0/s1. The van der Waals surface area contributed by atoms with Gasteiger partial charge < -0.3 is 19.5 Å². The Morgan fingerprint density at radius 3 is 2.22 bits per heavy atom. The van der Waals surface area contributed by atoms with Gasteiger partial charge in [0.1, 0.15) is 11.5 Å². The Morgan fingerprint density at radius 1 is 0.778 bits per heavy atom. The second-order valence-corrected chi connectivity index (χ2v) is 15.1. The molecule has 2 aliphatic carbocycles. The minimum Gasteiger partial charge on any atom is -0.508 e. The molecule has 10 nitrogen and oxygen atoms in total. The molecule has 0 radical (unpaired) electrons. The average Bonchev–Trinajstić information content (AvgIpc) is 3.59. The highest BCUT2D eigenvalue weighted by molar-refractivity contribution is 6.32. The van der Waals surface area contributed by atoms with Crippen molar-refractivity contribution in [1.82, 2.24) is 0 Å².